The van der Waals surface area contributed by atoms with Crippen molar-refractivity contribution < 1.29 is 0 Å². The number of aromatic nitrogens is 1. The highest BCUT2D eigenvalue weighted by atomic mass is 14.6. The molecule has 0 unspecified atom stereocenters. The predicted octanol–water partition coefficient (Wildman–Crippen LogP) is 5.50. The summed E-state index contributed by atoms with van der Waals surface area (Å²) in [5.74, 6) is 8.38. The molecule has 0 amide bonds. The molecule has 4 aromatic rings. The van der Waals surface area contributed by atoms with Gasteiger partial charge in [-0.2, -0.15) is 0 Å². The molecule has 0 saturated carbocycles. The number of hydrogen-bond donors (Lipinski definition) is 0. The molecule has 0 spiro atoms. The van der Waals surface area contributed by atoms with Crippen molar-refractivity contribution in [2.24, 2.45) is 0 Å². The Balaban J connectivity index is 2.20. The van der Waals surface area contributed by atoms with Gasteiger partial charge in [0, 0.05) is 39.9 Å². The predicted molar refractivity (Wildman–Crippen MR) is 118 cm³/mol. The Morgan fingerprint density at radius 2 is 1.25 bits per heavy atom. The molecule has 0 saturated heterocycles. The highest BCUT2D eigenvalue weighted by Crippen LogP contribution is 2.37. The van der Waals surface area contributed by atoms with Crippen molar-refractivity contribution in [1.29, 1.82) is 0 Å². The van der Waals surface area contributed by atoms with E-state index in [0.717, 1.165) is 49.4 Å². The second-order valence-electron chi connectivity index (χ2n) is 6.29. The first-order valence-electron chi connectivity index (χ1n) is 8.78. The number of fused-ring (bicyclic) bond motifs is 2. The summed E-state index contributed by atoms with van der Waals surface area (Å²) in [6.07, 6.45) is 25.2. The maximum atomic E-state index is 5.93. The molecule has 128 valence electrons. The Bertz CT molecular complexity index is 1290. The van der Waals surface area contributed by atoms with Gasteiger partial charge in [-0.1, -0.05) is 54.2 Å². The summed E-state index contributed by atoms with van der Waals surface area (Å²) >= 11 is 0. The summed E-state index contributed by atoms with van der Waals surface area (Å²) in [6, 6.07) is 15.7. The number of pyridine rings is 1. The van der Waals surface area contributed by atoms with Gasteiger partial charge in [-0.15, -0.1) is 19.3 Å². The Hall–Kier alpha value is -4.25. The minimum atomic E-state index is 0.744. The van der Waals surface area contributed by atoms with Crippen molar-refractivity contribution in [2.45, 2.75) is 0 Å². The molecule has 0 bridgehead atoms. The lowest BCUT2D eigenvalue weighted by Gasteiger charge is -2.14. The molecule has 1 heterocycles. The van der Waals surface area contributed by atoms with Crippen LogP contribution in [0.3, 0.4) is 0 Å². The lowest BCUT2D eigenvalue weighted by Crippen LogP contribution is -1.94. The molecule has 1 heteroatoms. The molecule has 0 atom stereocenters. The average molecular weight is 353 g/mol. The van der Waals surface area contributed by atoms with Crippen molar-refractivity contribution in [3.63, 3.8) is 0 Å². The van der Waals surface area contributed by atoms with Crippen LogP contribution >= 0.6 is 0 Å². The van der Waals surface area contributed by atoms with Crippen molar-refractivity contribution in [1.82, 2.24) is 4.98 Å². The first-order valence-corrected chi connectivity index (χ1v) is 8.78. The van der Waals surface area contributed by atoms with Crippen LogP contribution in [-0.4, -0.2) is 4.98 Å². The third-order valence-corrected chi connectivity index (χ3v) is 4.81. The first-order chi connectivity index (χ1) is 13.8. The van der Waals surface area contributed by atoms with E-state index in [1.165, 1.54) is 0 Å². The van der Waals surface area contributed by atoms with Gasteiger partial charge in [0.25, 0.3) is 0 Å². The SMILES string of the molecule is C#Cc1cccc2c(C=Cc3ccncc3)c3cccc(C#C)c3c(C#C)c12. The van der Waals surface area contributed by atoms with Crippen LogP contribution < -0.4 is 0 Å². The number of rotatable bonds is 2. The summed E-state index contributed by atoms with van der Waals surface area (Å²) in [4.78, 5) is 4.07. The van der Waals surface area contributed by atoms with Crippen molar-refractivity contribution in [2.75, 3.05) is 0 Å². The molecule has 1 aromatic heterocycles. The molecule has 4 rings (SSSR count). The lowest BCUT2D eigenvalue weighted by atomic mass is 9.87. The standard InChI is InChI=1S/C27H15N/c1-4-20-9-7-11-24-23(14-13-19-15-17-28-18-16-19)25-12-8-10-21(5-2)27(25)22(6-3)26(20)24/h1-3,7-18H. The van der Waals surface area contributed by atoms with E-state index < -0.39 is 0 Å². The average Bonchev–Trinajstić information content (AvgIpc) is 2.76. The maximum absolute atomic E-state index is 5.93. The lowest BCUT2D eigenvalue weighted by molar-refractivity contribution is 1.32. The summed E-state index contributed by atoms with van der Waals surface area (Å²) < 4.78 is 0. The van der Waals surface area contributed by atoms with Gasteiger partial charge in [0.1, 0.15) is 0 Å². The van der Waals surface area contributed by atoms with Gasteiger partial charge >= 0.3 is 0 Å². The smallest absolute Gasteiger partial charge is 0.0425 e. The topological polar surface area (TPSA) is 12.9 Å². The Labute approximate surface area is 164 Å². The van der Waals surface area contributed by atoms with Gasteiger partial charge < -0.3 is 0 Å². The number of benzene rings is 3. The van der Waals surface area contributed by atoms with E-state index in [9.17, 15) is 0 Å². The van der Waals surface area contributed by atoms with Crippen LogP contribution in [0.2, 0.25) is 0 Å². The minimum absolute atomic E-state index is 0.744. The fourth-order valence-corrected chi connectivity index (χ4v) is 3.58. The zero-order chi connectivity index (χ0) is 19.5. The molecule has 28 heavy (non-hydrogen) atoms. The van der Waals surface area contributed by atoms with E-state index in [4.69, 9.17) is 19.3 Å². The molecule has 0 aliphatic carbocycles. The summed E-state index contributed by atoms with van der Waals surface area (Å²) in [7, 11) is 0. The number of hydrogen-bond acceptors (Lipinski definition) is 1. The zero-order valence-corrected chi connectivity index (χ0v) is 15.1. The molecule has 0 fully saturated rings. The maximum Gasteiger partial charge on any atom is 0.0425 e. The molecule has 0 N–H and O–H groups in total. The van der Waals surface area contributed by atoms with Crippen LogP contribution in [0.25, 0.3) is 33.7 Å². The van der Waals surface area contributed by atoms with Crippen LogP contribution in [0.15, 0.2) is 60.9 Å². The first kappa shape index (κ1) is 17.2. The molecular formula is C27H15N. The van der Waals surface area contributed by atoms with Crippen LogP contribution in [0, 0.1) is 37.0 Å². The molecule has 0 radical (unpaired) electrons. The van der Waals surface area contributed by atoms with E-state index in [0.29, 0.717) is 0 Å². The second-order valence-corrected chi connectivity index (χ2v) is 6.29. The van der Waals surface area contributed by atoms with Crippen LogP contribution in [-0.2, 0) is 0 Å². The Morgan fingerprint density at radius 3 is 1.75 bits per heavy atom. The molecular weight excluding hydrogens is 338 g/mol. The third kappa shape index (κ3) is 2.71. The fraction of sp³-hybridized carbons (Fsp3) is 0. The Kier molecular flexibility index (Phi) is 4.40. The van der Waals surface area contributed by atoms with Crippen molar-refractivity contribution >= 4 is 33.7 Å². The summed E-state index contributed by atoms with van der Waals surface area (Å²) in [5, 5.41) is 3.79. The highest BCUT2D eigenvalue weighted by molar-refractivity contribution is 6.15. The molecule has 1 nitrogen and oxygen atoms in total. The van der Waals surface area contributed by atoms with Crippen LogP contribution in [0.5, 0.6) is 0 Å². The van der Waals surface area contributed by atoms with Gasteiger partial charge in [0.05, 0.1) is 0 Å². The van der Waals surface area contributed by atoms with Gasteiger partial charge in [-0.25, -0.2) is 0 Å². The van der Waals surface area contributed by atoms with E-state index in [-0.39, 0.29) is 0 Å². The quantitative estimate of drug-likeness (QED) is 0.342. The number of nitrogens with zero attached hydrogens (tertiary/aromatic N) is 1. The highest BCUT2D eigenvalue weighted by Gasteiger charge is 2.15. The van der Waals surface area contributed by atoms with Crippen LogP contribution in [0.4, 0.5) is 0 Å². The monoisotopic (exact) mass is 353 g/mol. The van der Waals surface area contributed by atoms with E-state index in [1.807, 2.05) is 48.5 Å². The molecule has 3 aromatic carbocycles. The minimum Gasteiger partial charge on any atom is -0.265 e. The van der Waals surface area contributed by atoms with Gasteiger partial charge in [0.15, 0.2) is 0 Å². The van der Waals surface area contributed by atoms with Gasteiger partial charge in [-0.3, -0.25) is 4.98 Å². The van der Waals surface area contributed by atoms with E-state index >= 15 is 0 Å². The van der Waals surface area contributed by atoms with Gasteiger partial charge in [-0.05, 0) is 46.2 Å². The van der Waals surface area contributed by atoms with Crippen molar-refractivity contribution in [3.05, 3.63) is 88.7 Å². The second kappa shape index (κ2) is 7.17. The summed E-state index contributed by atoms with van der Waals surface area (Å²) in [5.41, 5.74) is 4.36. The number of terminal acetylenes is 3. The molecule has 0 aliphatic rings. The largest absolute Gasteiger partial charge is 0.265 e. The summed E-state index contributed by atoms with van der Waals surface area (Å²) in [6.45, 7) is 0. The van der Waals surface area contributed by atoms with Crippen LogP contribution in [0.1, 0.15) is 27.8 Å². The van der Waals surface area contributed by atoms with E-state index in [1.54, 1.807) is 12.4 Å². The third-order valence-electron chi connectivity index (χ3n) is 4.81. The zero-order valence-electron chi connectivity index (χ0n) is 15.1. The van der Waals surface area contributed by atoms with E-state index in [2.05, 4.69) is 34.9 Å². The Morgan fingerprint density at radius 1 is 0.679 bits per heavy atom. The van der Waals surface area contributed by atoms with Gasteiger partial charge in [0.2, 0.25) is 0 Å². The van der Waals surface area contributed by atoms with Crippen molar-refractivity contribution in [3.8, 4) is 37.0 Å². The fourth-order valence-electron chi connectivity index (χ4n) is 3.58. The normalized spacial score (nSPS) is 10.6. The molecule has 0 aliphatic heterocycles.